The summed E-state index contributed by atoms with van der Waals surface area (Å²) in [5.74, 6) is 0.766. The van der Waals surface area contributed by atoms with Crippen LogP contribution in [0.25, 0.3) is 5.65 Å². The Bertz CT molecular complexity index is 514. The lowest BCUT2D eigenvalue weighted by Gasteiger charge is -2.03. The Balaban J connectivity index is 2.23. The molecule has 0 unspecified atom stereocenters. The van der Waals surface area contributed by atoms with Gasteiger partial charge in [0.15, 0.2) is 0 Å². The Morgan fingerprint density at radius 2 is 2.38 bits per heavy atom. The Morgan fingerprint density at radius 3 is 3.12 bits per heavy atom. The number of aryl methyl sites for hydroxylation is 1. The molecule has 0 aliphatic carbocycles. The zero-order chi connectivity index (χ0) is 11.5. The SMILES string of the molecule is C=C(Cc1cn2ccc(C)cc2n1)OCC. The number of imidazole rings is 1. The second-order valence-electron chi connectivity index (χ2n) is 3.85. The normalized spacial score (nSPS) is 10.6. The molecule has 2 rings (SSSR count). The zero-order valence-electron chi connectivity index (χ0n) is 9.73. The van der Waals surface area contributed by atoms with Crippen LogP contribution in [-0.2, 0) is 11.2 Å². The van der Waals surface area contributed by atoms with Gasteiger partial charge in [0.25, 0.3) is 0 Å². The predicted octanol–water partition coefficient (Wildman–Crippen LogP) is 2.74. The second-order valence-corrected chi connectivity index (χ2v) is 3.85. The van der Waals surface area contributed by atoms with Crippen LogP contribution in [0.4, 0.5) is 0 Å². The van der Waals surface area contributed by atoms with Crippen molar-refractivity contribution in [3.63, 3.8) is 0 Å². The van der Waals surface area contributed by atoms with Crippen molar-refractivity contribution in [1.29, 1.82) is 0 Å². The molecule has 84 valence electrons. The molecule has 0 amide bonds. The summed E-state index contributed by atoms with van der Waals surface area (Å²) in [5.41, 5.74) is 3.18. The number of allylic oxidation sites excluding steroid dienone is 1. The lowest BCUT2D eigenvalue weighted by Crippen LogP contribution is -1.94. The summed E-state index contributed by atoms with van der Waals surface area (Å²) in [6.07, 6.45) is 4.71. The van der Waals surface area contributed by atoms with Gasteiger partial charge in [0.1, 0.15) is 5.65 Å². The quantitative estimate of drug-likeness (QED) is 0.735. The van der Waals surface area contributed by atoms with E-state index in [1.54, 1.807) is 0 Å². The van der Waals surface area contributed by atoms with Crippen LogP contribution in [0, 0.1) is 6.92 Å². The highest BCUT2D eigenvalue weighted by Crippen LogP contribution is 2.11. The number of aromatic nitrogens is 2. The molecule has 0 radical (unpaired) electrons. The summed E-state index contributed by atoms with van der Waals surface area (Å²) in [6.45, 7) is 8.53. The summed E-state index contributed by atoms with van der Waals surface area (Å²) < 4.78 is 7.34. The van der Waals surface area contributed by atoms with Crippen molar-refractivity contribution in [3.05, 3.63) is 48.1 Å². The summed E-state index contributed by atoms with van der Waals surface area (Å²) in [7, 11) is 0. The van der Waals surface area contributed by atoms with E-state index in [0.29, 0.717) is 13.0 Å². The van der Waals surface area contributed by atoms with E-state index in [0.717, 1.165) is 17.1 Å². The molecule has 0 aliphatic rings. The van der Waals surface area contributed by atoms with Gasteiger partial charge in [-0.15, -0.1) is 0 Å². The van der Waals surface area contributed by atoms with Gasteiger partial charge in [-0.2, -0.15) is 0 Å². The van der Waals surface area contributed by atoms with Gasteiger partial charge in [-0.1, -0.05) is 6.58 Å². The van der Waals surface area contributed by atoms with Crippen LogP contribution in [0.1, 0.15) is 18.2 Å². The third-order valence-corrected chi connectivity index (χ3v) is 2.39. The van der Waals surface area contributed by atoms with E-state index in [4.69, 9.17) is 4.74 Å². The average molecular weight is 216 g/mol. The molecule has 0 saturated heterocycles. The smallest absolute Gasteiger partial charge is 0.137 e. The summed E-state index contributed by atoms with van der Waals surface area (Å²) >= 11 is 0. The molecule has 0 aliphatic heterocycles. The van der Waals surface area contributed by atoms with E-state index in [9.17, 15) is 0 Å². The summed E-state index contributed by atoms with van der Waals surface area (Å²) in [5, 5.41) is 0. The molecule has 0 aromatic carbocycles. The van der Waals surface area contributed by atoms with Crippen LogP contribution in [0.5, 0.6) is 0 Å². The highest BCUT2D eigenvalue weighted by molar-refractivity contribution is 5.42. The molecule has 3 nitrogen and oxygen atoms in total. The average Bonchev–Trinajstić information content (AvgIpc) is 2.59. The number of rotatable bonds is 4. The molecule has 16 heavy (non-hydrogen) atoms. The fraction of sp³-hybridized carbons (Fsp3) is 0.308. The minimum Gasteiger partial charge on any atom is -0.498 e. The van der Waals surface area contributed by atoms with E-state index in [1.807, 2.05) is 23.7 Å². The molecule has 2 aromatic heterocycles. The number of pyridine rings is 1. The largest absolute Gasteiger partial charge is 0.498 e. The first-order valence-corrected chi connectivity index (χ1v) is 5.44. The molecule has 0 atom stereocenters. The molecule has 2 heterocycles. The fourth-order valence-electron chi connectivity index (χ4n) is 1.68. The standard InChI is InChI=1S/C13H16N2O/c1-4-16-11(3)8-12-9-15-6-5-10(2)7-13(15)14-12/h5-7,9H,3-4,8H2,1-2H3. The molecule has 0 spiro atoms. The summed E-state index contributed by atoms with van der Waals surface area (Å²) in [6, 6.07) is 4.13. The highest BCUT2D eigenvalue weighted by Gasteiger charge is 2.03. The molecule has 2 aromatic rings. The van der Waals surface area contributed by atoms with Gasteiger partial charge < -0.3 is 9.14 Å². The number of hydrogen-bond donors (Lipinski definition) is 0. The molecular weight excluding hydrogens is 200 g/mol. The molecule has 0 fully saturated rings. The number of nitrogens with zero attached hydrogens (tertiary/aromatic N) is 2. The monoisotopic (exact) mass is 216 g/mol. The van der Waals surface area contributed by atoms with Crippen molar-refractivity contribution < 1.29 is 4.74 Å². The Kier molecular flexibility index (Phi) is 2.95. The first-order valence-electron chi connectivity index (χ1n) is 5.44. The van der Waals surface area contributed by atoms with Crippen molar-refractivity contribution in [2.45, 2.75) is 20.3 Å². The van der Waals surface area contributed by atoms with Crippen LogP contribution in [0.15, 0.2) is 36.9 Å². The van der Waals surface area contributed by atoms with Gasteiger partial charge in [-0.05, 0) is 31.5 Å². The highest BCUT2D eigenvalue weighted by atomic mass is 16.5. The Hall–Kier alpha value is -1.77. The first-order chi connectivity index (χ1) is 7.69. The van der Waals surface area contributed by atoms with Gasteiger partial charge in [0.05, 0.1) is 18.1 Å². The van der Waals surface area contributed by atoms with Crippen molar-refractivity contribution >= 4 is 5.65 Å². The van der Waals surface area contributed by atoms with Gasteiger partial charge in [0.2, 0.25) is 0 Å². The fourth-order valence-corrected chi connectivity index (χ4v) is 1.68. The van der Waals surface area contributed by atoms with Crippen LogP contribution in [-0.4, -0.2) is 16.0 Å². The topological polar surface area (TPSA) is 26.5 Å². The first kappa shape index (κ1) is 10.7. The minimum atomic E-state index is 0.658. The van der Waals surface area contributed by atoms with E-state index in [-0.39, 0.29) is 0 Å². The summed E-state index contributed by atoms with van der Waals surface area (Å²) in [4.78, 5) is 4.52. The lowest BCUT2D eigenvalue weighted by atomic mass is 10.3. The van der Waals surface area contributed by atoms with Crippen LogP contribution >= 0.6 is 0 Å². The van der Waals surface area contributed by atoms with E-state index < -0.39 is 0 Å². The lowest BCUT2D eigenvalue weighted by molar-refractivity contribution is 0.224. The maximum Gasteiger partial charge on any atom is 0.137 e. The van der Waals surface area contributed by atoms with Crippen LogP contribution in [0.3, 0.4) is 0 Å². The minimum absolute atomic E-state index is 0.658. The molecule has 3 heteroatoms. The molecular formula is C13H16N2O. The third kappa shape index (κ3) is 2.24. The Labute approximate surface area is 95.4 Å². The van der Waals surface area contributed by atoms with Gasteiger partial charge in [0, 0.05) is 18.8 Å². The van der Waals surface area contributed by atoms with Crippen LogP contribution < -0.4 is 0 Å². The van der Waals surface area contributed by atoms with Gasteiger partial charge in [-0.3, -0.25) is 0 Å². The number of ether oxygens (including phenoxy) is 1. The van der Waals surface area contributed by atoms with Crippen LogP contribution in [0.2, 0.25) is 0 Å². The second kappa shape index (κ2) is 4.39. The van der Waals surface area contributed by atoms with Crippen molar-refractivity contribution in [2.24, 2.45) is 0 Å². The van der Waals surface area contributed by atoms with E-state index in [2.05, 4.69) is 30.6 Å². The zero-order valence-corrected chi connectivity index (χ0v) is 9.73. The Morgan fingerprint density at radius 1 is 1.56 bits per heavy atom. The van der Waals surface area contributed by atoms with Gasteiger partial charge in [-0.25, -0.2) is 4.98 Å². The van der Waals surface area contributed by atoms with Crippen molar-refractivity contribution in [1.82, 2.24) is 9.38 Å². The van der Waals surface area contributed by atoms with E-state index >= 15 is 0 Å². The predicted molar refractivity (Wildman–Crippen MR) is 64.4 cm³/mol. The maximum atomic E-state index is 5.32. The number of hydrogen-bond acceptors (Lipinski definition) is 2. The molecule has 0 bridgehead atoms. The van der Waals surface area contributed by atoms with Crippen molar-refractivity contribution in [2.75, 3.05) is 6.61 Å². The molecule has 0 N–H and O–H groups in total. The third-order valence-electron chi connectivity index (χ3n) is 2.39. The van der Waals surface area contributed by atoms with Crippen molar-refractivity contribution in [3.8, 4) is 0 Å². The van der Waals surface area contributed by atoms with E-state index in [1.165, 1.54) is 5.56 Å². The number of fused-ring (bicyclic) bond motifs is 1. The van der Waals surface area contributed by atoms with Gasteiger partial charge >= 0.3 is 0 Å². The maximum absolute atomic E-state index is 5.32. The molecule has 0 saturated carbocycles.